The van der Waals surface area contributed by atoms with Crippen molar-refractivity contribution in [2.75, 3.05) is 0 Å². The van der Waals surface area contributed by atoms with Crippen molar-refractivity contribution in [1.29, 1.82) is 0 Å². The summed E-state index contributed by atoms with van der Waals surface area (Å²) in [4.78, 5) is 8.46. The topological polar surface area (TPSA) is 50.9 Å². The molecular weight excluding hydrogens is 298 g/mol. The van der Waals surface area contributed by atoms with Crippen molar-refractivity contribution in [3.05, 3.63) is 41.6 Å². The highest BCUT2D eigenvalue weighted by Crippen LogP contribution is 2.38. The Morgan fingerprint density at radius 1 is 1.36 bits per heavy atom. The van der Waals surface area contributed by atoms with Gasteiger partial charge in [0.25, 0.3) is 6.01 Å². The number of benzene rings is 1. The largest absolute Gasteiger partial charge is 0.480 e. The minimum absolute atomic E-state index is 0.0142. The molecule has 0 amide bonds. The molecule has 2 aromatic heterocycles. The number of pyridine rings is 1. The van der Waals surface area contributed by atoms with Gasteiger partial charge in [0.1, 0.15) is 5.52 Å². The molecule has 2 heterocycles. The fraction of sp³-hybridized carbons (Fsp3) is 0.294. The maximum Gasteiger partial charge on any atom is 0.296 e. The first-order valence-electron chi connectivity index (χ1n) is 7.39. The second-order valence-electron chi connectivity index (χ2n) is 5.20. The zero-order valence-corrected chi connectivity index (χ0v) is 13.3. The number of hydrogen-bond acceptors (Lipinski definition) is 3. The van der Waals surface area contributed by atoms with Crippen LogP contribution in [0.25, 0.3) is 22.3 Å². The minimum atomic E-state index is -0.0142. The maximum atomic E-state index is 10.3. The molecule has 0 unspecified atom stereocenters. The van der Waals surface area contributed by atoms with Gasteiger partial charge < -0.3 is 5.11 Å². The highest BCUT2D eigenvalue weighted by Gasteiger charge is 2.22. The maximum absolute atomic E-state index is 10.3. The van der Waals surface area contributed by atoms with Crippen LogP contribution in [0.15, 0.2) is 30.5 Å². The second kappa shape index (κ2) is 5.97. The van der Waals surface area contributed by atoms with Crippen LogP contribution in [0.2, 0.25) is 5.02 Å². The van der Waals surface area contributed by atoms with Crippen molar-refractivity contribution in [2.24, 2.45) is 0 Å². The van der Waals surface area contributed by atoms with Crippen LogP contribution in [0, 0.1) is 6.07 Å². The zero-order valence-electron chi connectivity index (χ0n) is 12.5. The van der Waals surface area contributed by atoms with E-state index in [1.165, 1.54) is 0 Å². The summed E-state index contributed by atoms with van der Waals surface area (Å²) in [6.45, 7) is 4.18. The molecule has 4 nitrogen and oxygen atoms in total. The predicted molar refractivity (Wildman–Crippen MR) is 88.1 cm³/mol. The molecular formula is C17H17ClN3O. The number of halogens is 1. The number of rotatable bonds is 4. The number of aromatic hydroxyl groups is 1. The average Bonchev–Trinajstić information content (AvgIpc) is 2.86. The molecule has 1 radical (unpaired) electrons. The Balaban J connectivity index is 2.38. The zero-order chi connectivity index (χ0) is 15.7. The lowest BCUT2D eigenvalue weighted by molar-refractivity contribution is 0.362. The van der Waals surface area contributed by atoms with Crippen LogP contribution < -0.4 is 0 Å². The van der Waals surface area contributed by atoms with Crippen LogP contribution in [-0.4, -0.2) is 19.6 Å². The second-order valence-corrected chi connectivity index (χ2v) is 5.60. The van der Waals surface area contributed by atoms with E-state index in [0.29, 0.717) is 10.7 Å². The minimum Gasteiger partial charge on any atom is -0.480 e. The van der Waals surface area contributed by atoms with Gasteiger partial charge in [-0.1, -0.05) is 43.6 Å². The Hall–Kier alpha value is -2.07. The molecule has 0 aliphatic carbocycles. The van der Waals surface area contributed by atoms with Crippen LogP contribution in [0.3, 0.4) is 0 Å². The van der Waals surface area contributed by atoms with E-state index in [9.17, 15) is 5.11 Å². The Morgan fingerprint density at radius 3 is 2.77 bits per heavy atom. The quantitative estimate of drug-likeness (QED) is 0.764. The SMILES string of the molecule is CCC(CC)n1c(O)nc2ncc(Cl)c(-c3c[c]ccc3)c21. The first-order valence-corrected chi connectivity index (χ1v) is 7.77. The summed E-state index contributed by atoms with van der Waals surface area (Å²) in [7, 11) is 0. The number of fused-ring (bicyclic) bond motifs is 1. The summed E-state index contributed by atoms with van der Waals surface area (Å²) >= 11 is 6.41. The van der Waals surface area contributed by atoms with Crippen LogP contribution in [0.5, 0.6) is 6.01 Å². The van der Waals surface area contributed by atoms with Crippen molar-refractivity contribution >= 4 is 22.8 Å². The molecule has 0 fully saturated rings. The summed E-state index contributed by atoms with van der Waals surface area (Å²) in [6, 6.07) is 10.8. The average molecular weight is 315 g/mol. The van der Waals surface area contributed by atoms with E-state index in [1.807, 2.05) is 28.8 Å². The highest BCUT2D eigenvalue weighted by atomic mass is 35.5. The van der Waals surface area contributed by atoms with E-state index < -0.39 is 0 Å². The fourth-order valence-corrected chi connectivity index (χ4v) is 3.10. The predicted octanol–water partition coefficient (Wildman–Crippen LogP) is 4.62. The molecule has 22 heavy (non-hydrogen) atoms. The summed E-state index contributed by atoms with van der Waals surface area (Å²) in [6.07, 6.45) is 3.36. The summed E-state index contributed by atoms with van der Waals surface area (Å²) in [5.41, 5.74) is 3.06. The summed E-state index contributed by atoms with van der Waals surface area (Å²) in [5, 5.41) is 10.8. The Labute approximate surface area is 134 Å². The number of aromatic nitrogens is 3. The van der Waals surface area contributed by atoms with E-state index in [2.05, 4.69) is 29.9 Å². The Bertz CT molecular complexity index is 795. The van der Waals surface area contributed by atoms with Crippen LogP contribution >= 0.6 is 11.6 Å². The van der Waals surface area contributed by atoms with E-state index in [4.69, 9.17) is 11.6 Å². The first kappa shape index (κ1) is 14.9. The molecule has 0 aliphatic rings. The lowest BCUT2D eigenvalue weighted by Gasteiger charge is -2.18. The molecule has 3 aromatic rings. The number of imidazole rings is 1. The van der Waals surface area contributed by atoms with Gasteiger partial charge in [0.15, 0.2) is 5.65 Å². The van der Waals surface area contributed by atoms with Gasteiger partial charge in [-0.15, -0.1) is 0 Å². The van der Waals surface area contributed by atoms with E-state index in [-0.39, 0.29) is 12.1 Å². The van der Waals surface area contributed by atoms with Gasteiger partial charge in [-0.3, -0.25) is 4.57 Å². The smallest absolute Gasteiger partial charge is 0.296 e. The summed E-state index contributed by atoms with van der Waals surface area (Å²) in [5.74, 6) is 0. The van der Waals surface area contributed by atoms with Crippen molar-refractivity contribution in [2.45, 2.75) is 32.7 Å². The van der Waals surface area contributed by atoms with E-state index in [0.717, 1.165) is 29.5 Å². The van der Waals surface area contributed by atoms with Gasteiger partial charge in [0.2, 0.25) is 0 Å². The molecule has 1 N–H and O–H groups in total. The van der Waals surface area contributed by atoms with Crippen LogP contribution in [0.4, 0.5) is 0 Å². The van der Waals surface area contributed by atoms with Crippen molar-refractivity contribution in [3.63, 3.8) is 0 Å². The van der Waals surface area contributed by atoms with Crippen LogP contribution in [-0.2, 0) is 0 Å². The standard InChI is InChI=1S/C17H17ClN3O/c1-3-12(4-2)21-15-14(11-8-6-5-7-9-11)13(18)10-19-16(15)20-17(21)22/h5-6,8-10,12H,3-4H2,1-2H3,(H,19,20,22). The molecule has 1 aromatic carbocycles. The van der Waals surface area contributed by atoms with Gasteiger partial charge in [-0.25, -0.2) is 4.98 Å². The molecule has 113 valence electrons. The lowest BCUT2D eigenvalue weighted by atomic mass is 10.0. The third-order valence-corrected chi connectivity index (χ3v) is 4.24. The first-order chi connectivity index (χ1) is 10.7. The molecule has 3 rings (SSSR count). The third kappa shape index (κ3) is 2.33. The highest BCUT2D eigenvalue weighted by molar-refractivity contribution is 6.34. The van der Waals surface area contributed by atoms with E-state index >= 15 is 0 Å². The molecule has 0 saturated carbocycles. The molecule has 0 atom stereocenters. The third-order valence-electron chi connectivity index (χ3n) is 3.95. The van der Waals surface area contributed by atoms with Crippen molar-refractivity contribution < 1.29 is 5.11 Å². The van der Waals surface area contributed by atoms with E-state index in [1.54, 1.807) is 6.20 Å². The molecule has 5 heteroatoms. The Kier molecular flexibility index (Phi) is 4.03. The monoisotopic (exact) mass is 314 g/mol. The normalized spacial score (nSPS) is 11.5. The van der Waals surface area contributed by atoms with Crippen molar-refractivity contribution in [3.8, 4) is 17.1 Å². The summed E-state index contributed by atoms with van der Waals surface area (Å²) < 4.78 is 1.84. The Morgan fingerprint density at radius 2 is 2.14 bits per heavy atom. The van der Waals surface area contributed by atoms with Gasteiger partial charge in [-0.05, 0) is 30.5 Å². The molecule has 0 bridgehead atoms. The molecule has 0 saturated heterocycles. The molecule has 0 aliphatic heterocycles. The van der Waals surface area contributed by atoms with Gasteiger partial charge >= 0.3 is 0 Å². The van der Waals surface area contributed by atoms with Gasteiger partial charge in [0, 0.05) is 17.8 Å². The van der Waals surface area contributed by atoms with Gasteiger partial charge in [-0.2, -0.15) is 4.98 Å². The number of nitrogens with zero attached hydrogens (tertiary/aromatic N) is 3. The fourth-order valence-electron chi connectivity index (χ4n) is 2.85. The molecule has 0 spiro atoms. The van der Waals surface area contributed by atoms with Crippen molar-refractivity contribution in [1.82, 2.24) is 14.5 Å². The lowest BCUT2D eigenvalue weighted by Crippen LogP contribution is -2.07. The number of hydrogen-bond donors (Lipinski definition) is 1. The van der Waals surface area contributed by atoms with Crippen LogP contribution in [0.1, 0.15) is 32.7 Å². The van der Waals surface area contributed by atoms with Gasteiger partial charge in [0.05, 0.1) is 5.02 Å².